The number of hydrogen-bond donors (Lipinski definition) is 9. The highest BCUT2D eigenvalue weighted by Gasteiger charge is 2.55. The van der Waals surface area contributed by atoms with E-state index in [1.165, 1.54) is 0 Å². The smallest absolute Gasteiger partial charge is 0.335 e. The number of carboxylic acids is 1. The first-order valence-electron chi connectivity index (χ1n) is 7.22. The molecule has 1 unspecified atom stereocenters. The Morgan fingerprint density at radius 1 is 1.04 bits per heavy atom. The zero-order valence-electron chi connectivity index (χ0n) is 13.1. The van der Waals surface area contributed by atoms with E-state index < -0.39 is 72.8 Å². The van der Waals surface area contributed by atoms with Crippen LogP contribution < -0.4 is 0 Å². The molecular formula is C13H22O12. The fourth-order valence-corrected chi connectivity index (χ4v) is 2.39. The minimum atomic E-state index is -2.87. The molecule has 12 nitrogen and oxygen atoms in total. The van der Waals surface area contributed by atoms with E-state index >= 15 is 0 Å². The van der Waals surface area contributed by atoms with Gasteiger partial charge < -0.3 is 50.7 Å². The second kappa shape index (κ2) is 7.99. The molecule has 0 amide bonds. The average Bonchev–Trinajstić information content (AvgIpc) is 2.56. The third kappa shape index (κ3) is 4.13. The van der Waals surface area contributed by atoms with E-state index in [4.69, 9.17) is 14.9 Å². The first kappa shape index (κ1) is 21.8. The lowest BCUT2D eigenvalue weighted by Crippen LogP contribution is -2.67. The Bertz CT molecular complexity index is 493. The van der Waals surface area contributed by atoms with Gasteiger partial charge in [-0.15, -0.1) is 0 Å². The molecule has 0 bridgehead atoms. The molecule has 12 heteroatoms. The molecule has 1 aliphatic rings. The summed E-state index contributed by atoms with van der Waals surface area (Å²) in [6.45, 7) is -0.312. The molecule has 0 aromatic rings. The van der Waals surface area contributed by atoms with Crippen LogP contribution in [0.25, 0.3) is 0 Å². The maximum atomic E-state index is 12.4. The van der Waals surface area contributed by atoms with E-state index in [-0.39, 0.29) is 0 Å². The van der Waals surface area contributed by atoms with Gasteiger partial charge in [0.15, 0.2) is 17.5 Å². The largest absolute Gasteiger partial charge is 0.479 e. The molecule has 0 radical (unpaired) electrons. The number of hydrogen-bond acceptors (Lipinski definition) is 11. The summed E-state index contributed by atoms with van der Waals surface area (Å²) in [5.41, 5.74) is -2.87. The van der Waals surface area contributed by atoms with Gasteiger partial charge in [0.25, 0.3) is 0 Å². The molecule has 146 valence electrons. The van der Waals surface area contributed by atoms with E-state index in [2.05, 4.69) is 0 Å². The van der Waals surface area contributed by atoms with Gasteiger partial charge in [-0.25, -0.2) is 4.79 Å². The molecule has 0 aromatic heterocycles. The van der Waals surface area contributed by atoms with Gasteiger partial charge in [-0.05, 0) is 6.92 Å². The molecule has 9 N–H and O–H groups in total. The predicted octanol–water partition coefficient (Wildman–Crippen LogP) is -5.68. The number of carbonyl (C=O) groups excluding carboxylic acids is 1. The van der Waals surface area contributed by atoms with Crippen molar-refractivity contribution in [2.24, 2.45) is 0 Å². The highest BCUT2D eigenvalue weighted by Crippen LogP contribution is 2.27. The number of rotatable bonds is 7. The van der Waals surface area contributed by atoms with Crippen molar-refractivity contribution in [3.63, 3.8) is 0 Å². The van der Waals surface area contributed by atoms with Gasteiger partial charge in [0.2, 0.25) is 0 Å². The second-order valence-corrected chi connectivity index (χ2v) is 5.98. The van der Waals surface area contributed by atoms with Crippen LogP contribution in [0.3, 0.4) is 0 Å². The van der Waals surface area contributed by atoms with Gasteiger partial charge in [0.05, 0.1) is 6.61 Å². The van der Waals surface area contributed by atoms with Crippen molar-refractivity contribution < 1.29 is 60.3 Å². The van der Waals surface area contributed by atoms with E-state index in [0.29, 0.717) is 6.92 Å². The molecule has 1 fully saturated rings. The van der Waals surface area contributed by atoms with Crippen LogP contribution in [0.15, 0.2) is 0 Å². The van der Waals surface area contributed by atoms with Gasteiger partial charge in [-0.2, -0.15) is 0 Å². The number of Topliss-reactive ketones (excluding diaryl/α,β-unsaturated/α-hetero) is 1. The number of aliphatic carboxylic acids is 1. The Morgan fingerprint density at radius 3 is 1.96 bits per heavy atom. The van der Waals surface area contributed by atoms with Crippen molar-refractivity contribution in [1.29, 1.82) is 0 Å². The fourth-order valence-electron chi connectivity index (χ4n) is 2.39. The lowest BCUT2D eigenvalue weighted by Gasteiger charge is -2.41. The lowest BCUT2D eigenvalue weighted by molar-refractivity contribution is -0.234. The number of ketones is 1. The monoisotopic (exact) mass is 370 g/mol. The van der Waals surface area contributed by atoms with Crippen LogP contribution in [0.4, 0.5) is 0 Å². The van der Waals surface area contributed by atoms with Crippen molar-refractivity contribution in [2.75, 3.05) is 6.61 Å². The molecule has 1 aliphatic heterocycles. The van der Waals surface area contributed by atoms with Crippen molar-refractivity contribution in [1.82, 2.24) is 0 Å². The first-order valence-corrected chi connectivity index (χ1v) is 7.22. The summed E-state index contributed by atoms with van der Waals surface area (Å²) in [6, 6.07) is 0. The zero-order chi connectivity index (χ0) is 19.7. The summed E-state index contributed by atoms with van der Waals surface area (Å²) in [5, 5.41) is 85.6. The molecule has 0 saturated carbocycles. The number of carboxylic acid groups (broad SMARTS) is 1. The van der Waals surface area contributed by atoms with Gasteiger partial charge in [0.1, 0.15) is 42.7 Å². The van der Waals surface area contributed by atoms with Gasteiger partial charge in [0, 0.05) is 0 Å². The maximum absolute atomic E-state index is 12.4. The summed E-state index contributed by atoms with van der Waals surface area (Å²) in [6.07, 6.45) is -17.0. The SMILES string of the molecule is C[C@](O)(C(=O)C1O[C@H](C(=O)O)[C@@H](O)[C@H](O)[C@H]1O)[C@@H](O)[C@@H](O)[C@H](O)CO. The Balaban J connectivity index is 3.08. The number of aliphatic hydroxyl groups is 8. The summed E-state index contributed by atoms with van der Waals surface area (Å²) in [4.78, 5) is 23.4. The topological polar surface area (TPSA) is 225 Å². The van der Waals surface area contributed by atoms with E-state index in [9.17, 15) is 45.3 Å². The van der Waals surface area contributed by atoms with Crippen molar-refractivity contribution >= 4 is 11.8 Å². The van der Waals surface area contributed by atoms with Crippen molar-refractivity contribution in [2.45, 2.75) is 61.4 Å². The van der Waals surface area contributed by atoms with Gasteiger partial charge in [-0.1, -0.05) is 0 Å². The third-order valence-electron chi connectivity index (χ3n) is 4.09. The van der Waals surface area contributed by atoms with Crippen LogP contribution in [0.2, 0.25) is 0 Å². The van der Waals surface area contributed by atoms with Crippen molar-refractivity contribution in [3.8, 4) is 0 Å². The van der Waals surface area contributed by atoms with Crippen LogP contribution in [0.5, 0.6) is 0 Å². The Morgan fingerprint density at radius 2 is 1.52 bits per heavy atom. The van der Waals surface area contributed by atoms with Gasteiger partial charge in [-0.3, -0.25) is 4.79 Å². The minimum Gasteiger partial charge on any atom is -0.479 e. The first-order chi connectivity index (χ1) is 11.4. The normalized spacial score (nSPS) is 36.1. The summed E-state index contributed by atoms with van der Waals surface area (Å²) in [5.74, 6) is -3.28. The molecule has 0 spiro atoms. The summed E-state index contributed by atoms with van der Waals surface area (Å²) >= 11 is 0. The quantitative estimate of drug-likeness (QED) is 0.204. The zero-order valence-corrected chi connectivity index (χ0v) is 13.1. The highest BCUT2D eigenvalue weighted by molar-refractivity contribution is 5.92. The van der Waals surface area contributed by atoms with E-state index in [0.717, 1.165) is 0 Å². The predicted molar refractivity (Wildman–Crippen MR) is 75.1 cm³/mol. The number of ether oxygens (including phenoxy) is 1. The van der Waals surface area contributed by atoms with Crippen LogP contribution in [0, 0.1) is 0 Å². The van der Waals surface area contributed by atoms with Crippen LogP contribution in [-0.4, -0.2) is 119 Å². The molecule has 1 heterocycles. The minimum absolute atomic E-state index is 0.691. The molecule has 25 heavy (non-hydrogen) atoms. The number of carbonyl (C=O) groups is 2. The molecule has 0 aromatic carbocycles. The standard InChI is InChI=1S/C13H22O12/c1-13(24,10(20)4(16)3(15)2-14)11(21)8-6(18)5(17)7(19)9(25-8)12(22)23/h3-10,14-20,24H,2H2,1H3,(H,22,23)/t3-,4+,5-,6-,7+,8?,9+,10+,13-/m1/s1. The Labute approximate surface area is 141 Å². The van der Waals surface area contributed by atoms with Crippen LogP contribution in [0.1, 0.15) is 6.92 Å². The summed E-state index contributed by atoms with van der Waals surface area (Å²) in [7, 11) is 0. The van der Waals surface area contributed by atoms with Crippen LogP contribution in [-0.2, 0) is 14.3 Å². The van der Waals surface area contributed by atoms with Gasteiger partial charge >= 0.3 is 5.97 Å². The summed E-state index contributed by atoms with van der Waals surface area (Å²) < 4.78 is 4.73. The van der Waals surface area contributed by atoms with Crippen LogP contribution >= 0.6 is 0 Å². The molecule has 0 aliphatic carbocycles. The molecule has 1 saturated heterocycles. The fraction of sp³-hybridized carbons (Fsp3) is 0.846. The lowest BCUT2D eigenvalue weighted by atomic mass is 9.82. The van der Waals surface area contributed by atoms with Crippen molar-refractivity contribution in [3.05, 3.63) is 0 Å². The number of aliphatic hydroxyl groups excluding tert-OH is 7. The Kier molecular flexibility index (Phi) is 6.97. The second-order valence-electron chi connectivity index (χ2n) is 5.98. The van der Waals surface area contributed by atoms with E-state index in [1.54, 1.807) is 0 Å². The molecule has 9 atom stereocenters. The molecular weight excluding hydrogens is 348 g/mol. The molecule has 1 rings (SSSR count). The van der Waals surface area contributed by atoms with E-state index in [1.807, 2.05) is 0 Å². The maximum Gasteiger partial charge on any atom is 0.335 e. The Hall–Kier alpha value is -1.22. The third-order valence-corrected chi connectivity index (χ3v) is 4.09. The average molecular weight is 370 g/mol. The highest BCUT2D eigenvalue weighted by atomic mass is 16.6.